The average molecular weight is 591 g/mol. The Morgan fingerprint density at radius 2 is 1.09 bits per heavy atom. The molecule has 11 rings (SSSR count). The van der Waals surface area contributed by atoms with E-state index in [0.717, 1.165) is 33.6 Å². The van der Waals surface area contributed by atoms with Crippen molar-refractivity contribution in [2.24, 2.45) is 0 Å². The molecule has 0 saturated heterocycles. The van der Waals surface area contributed by atoms with Crippen molar-refractivity contribution in [2.75, 3.05) is 0 Å². The van der Waals surface area contributed by atoms with Gasteiger partial charge in [-0.15, -0.1) is 0 Å². The summed E-state index contributed by atoms with van der Waals surface area (Å²) >= 11 is 1.85. The summed E-state index contributed by atoms with van der Waals surface area (Å²) in [5, 5.41) is 7.81. The molecule has 0 amide bonds. The molecule has 1 aliphatic carbocycles. The van der Waals surface area contributed by atoms with Crippen LogP contribution in [-0.2, 0) is 0 Å². The average Bonchev–Trinajstić information content (AvgIpc) is 3.70. The highest BCUT2D eigenvalue weighted by Gasteiger charge is 2.30. The first-order valence-electron chi connectivity index (χ1n) is 15.2. The minimum Gasteiger partial charge on any atom is -0.301 e. The quantitative estimate of drug-likeness (QED) is 0.205. The van der Waals surface area contributed by atoms with E-state index in [2.05, 4.69) is 130 Å². The van der Waals surface area contributed by atoms with E-state index in [4.69, 9.17) is 9.97 Å². The molecule has 0 aliphatic heterocycles. The number of para-hydroxylation sites is 3. The molecule has 0 atom stereocenters. The first kappa shape index (κ1) is 23.6. The number of aromatic nitrogens is 4. The molecule has 0 bridgehead atoms. The van der Waals surface area contributed by atoms with Crippen molar-refractivity contribution in [2.45, 2.75) is 0 Å². The van der Waals surface area contributed by atoms with Crippen molar-refractivity contribution < 1.29 is 0 Å². The zero-order chi connectivity index (χ0) is 29.2. The number of nitrogens with zero attached hydrogens (tertiary/aromatic N) is 4. The molecule has 0 spiro atoms. The third-order valence-corrected chi connectivity index (χ3v) is 10.6. The first-order chi connectivity index (χ1) is 22.3. The third kappa shape index (κ3) is 2.96. The Morgan fingerprint density at radius 1 is 0.444 bits per heavy atom. The van der Waals surface area contributed by atoms with Gasteiger partial charge >= 0.3 is 0 Å². The van der Waals surface area contributed by atoms with Gasteiger partial charge in [0.2, 0.25) is 0 Å². The Kier molecular flexibility index (Phi) is 4.43. The van der Waals surface area contributed by atoms with Crippen LogP contribution in [0.1, 0.15) is 0 Å². The zero-order valence-electron chi connectivity index (χ0n) is 23.9. The molecule has 4 heterocycles. The van der Waals surface area contributed by atoms with Crippen molar-refractivity contribution in [1.82, 2.24) is 19.1 Å². The van der Waals surface area contributed by atoms with Crippen LogP contribution in [0.5, 0.6) is 0 Å². The van der Waals surface area contributed by atoms with Gasteiger partial charge in [-0.25, -0.2) is 9.97 Å². The zero-order valence-corrected chi connectivity index (χ0v) is 24.7. The van der Waals surface area contributed by atoms with E-state index in [0.29, 0.717) is 0 Å². The Bertz CT molecular complexity index is 2860. The molecule has 0 unspecified atom stereocenters. The maximum atomic E-state index is 5.38. The molecule has 5 heteroatoms. The van der Waals surface area contributed by atoms with Crippen LogP contribution in [-0.4, -0.2) is 19.1 Å². The lowest BCUT2D eigenvalue weighted by Crippen LogP contribution is -2.03. The highest BCUT2D eigenvalue weighted by molar-refractivity contribution is 7.26. The van der Waals surface area contributed by atoms with Gasteiger partial charge in [-0.1, -0.05) is 108 Å². The minimum atomic E-state index is 0.858. The first-order valence-corrected chi connectivity index (χ1v) is 16.0. The molecule has 4 nitrogen and oxygen atoms in total. The molecule has 45 heavy (non-hydrogen) atoms. The molecule has 4 aromatic heterocycles. The van der Waals surface area contributed by atoms with Crippen LogP contribution in [0.15, 0.2) is 133 Å². The topological polar surface area (TPSA) is 35.6 Å². The predicted molar refractivity (Wildman–Crippen MR) is 188 cm³/mol. The number of thiophene rings is 1. The lowest BCUT2D eigenvalue weighted by Gasteiger charge is -2.14. The lowest BCUT2D eigenvalue weighted by molar-refractivity contribution is 1.09. The van der Waals surface area contributed by atoms with E-state index >= 15 is 0 Å². The van der Waals surface area contributed by atoms with Crippen molar-refractivity contribution >= 4 is 75.4 Å². The predicted octanol–water partition coefficient (Wildman–Crippen LogP) is 10.7. The van der Waals surface area contributed by atoms with Crippen LogP contribution >= 0.6 is 11.3 Å². The second-order valence-electron chi connectivity index (χ2n) is 11.8. The van der Waals surface area contributed by atoms with E-state index in [1.54, 1.807) is 0 Å². The molecule has 0 saturated carbocycles. The van der Waals surface area contributed by atoms with Gasteiger partial charge in [0.1, 0.15) is 15.4 Å². The monoisotopic (exact) mass is 590 g/mol. The number of hydrogen-bond acceptors (Lipinski definition) is 3. The molecular formula is C40H22N4S. The Hall–Kier alpha value is -5.78. The third-order valence-electron chi connectivity index (χ3n) is 9.44. The fraction of sp³-hybridized carbons (Fsp3) is 0. The molecule has 0 radical (unpaired) electrons. The van der Waals surface area contributed by atoms with E-state index < -0.39 is 0 Å². The number of hydrogen-bond donors (Lipinski definition) is 0. The normalized spacial score (nSPS) is 12.4. The lowest BCUT2D eigenvalue weighted by atomic mass is 9.95. The summed E-state index contributed by atoms with van der Waals surface area (Å²) in [6.07, 6.45) is 0. The fourth-order valence-corrected chi connectivity index (χ4v) is 9.00. The van der Waals surface area contributed by atoms with E-state index in [1.807, 2.05) is 23.5 Å². The largest absolute Gasteiger partial charge is 0.301 e. The van der Waals surface area contributed by atoms with Crippen molar-refractivity contribution in [3.05, 3.63) is 133 Å². The number of rotatable bonds is 3. The Labute approximate surface area is 261 Å². The van der Waals surface area contributed by atoms with Gasteiger partial charge in [-0.3, -0.25) is 4.57 Å². The fourth-order valence-electron chi connectivity index (χ4n) is 7.63. The number of fused-ring (bicyclic) bond motifs is 2. The molecule has 10 aromatic rings. The van der Waals surface area contributed by atoms with Crippen LogP contribution < -0.4 is 0 Å². The van der Waals surface area contributed by atoms with Gasteiger partial charge in [-0.2, -0.15) is 0 Å². The van der Waals surface area contributed by atoms with E-state index in [-0.39, 0.29) is 0 Å². The summed E-state index contributed by atoms with van der Waals surface area (Å²) in [7, 11) is 0. The summed E-state index contributed by atoms with van der Waals surface area (Å²) in [5.41, 5.74) is 9.86. The number of benzene rings is 6. The maximum Gasteiger partial charge on any atom is 0.165 e. The molecular weight excluding hydrogens is 569 g/mol. The minimum absolute atomic E-state index is 0.858. The van der Waals surface area contributed by atoms with Crippen molar-refractivity contribution in [3.63, 3.8) is 0 Å². The summed E-state index contributed by atoms with van der Waals surface area (Å²) < 4.78 is 4.84. The van der Waals surface area contributed by atoms with Gasteiger partial charge in [0.15, 0.2) is 5.82 Å². The van der Waals surface area contributed by atoms with Crippen molar-refractivity contribution in [3.8, 4) is 33.9 Å². The molecule has 1 aliphatic rings. The molecule has 0 N–H and O–H groups in total. The van der Waals surface area contributed by atoms with Gasteiger partial charge in [0.25, 0.3) is 0 Å². The molecule has 6 aromatic carbocycles. The van der Waals surface area contributed by atoms with Crippen LogP contribution in [0.25, 0.3) is 97.9 Å². The Morgan fingerprint density at radius 3 is 1.91 bits per heavy atom. The maximum absolute atomic E-state index is 5.38. The van der Waals surface area contributed by atoms with Crippen LogP contribution in [0.2, 0.25) is 0 Å². The van der Waals surface area contributed by atoms with Crippen LogP contribution in [0.4, 0.5) is 0 Å². The second kappa shape index (κ2) is 8.44. The van der Waals surface area contributed by atoms with Gasteiger partial charge in [0, 0.05) is 32.8 Å². The summed E-state index contributed by atoms with van der Waals surface area (Å²) in [5.74, 6) is 0.858. The SMILES string of the molecule is c1ccc(-c2nc3ccccc3nc2-n2c3ccc4cccc5c4c3c3c4c6c-5cccc6n(-c5ccccc5)c4sc32)cc1. The van der Waals surface area contributed by atoms with E-state index in [9.17, 15) is 0 Å². The Balaban J connectivity index is 1.41. The summed E-state index contributed by atoms with van der Waals surface area (Å²) in [6.45, 7) is 0. The van der Waals surface area contributed by atoms with Gasteiger partial charge in [0.05, 0.1) is 22.1 Å². The second-order valence-corrected chi connectivity index (χ2v) is 12.8. The van der Waals surface area contributed by atoms with Gasteiger partial charge in [-0.05, 0) is 58.3 Å². The highest BCUT2D eigenvalue weighted by Crippen LogP contribution is 2.54. The van der Waals surface area contributed by atoms with Crippen molar-refractivity contribution in [1.29, 1.82) is 0 Å². The summed E-state index contributed by atoms with van der Waals surface area (Å²) in [4.78, 5) is 13.1. The van der Waals surface area contributed by atoms with Crippen LogP contribution in [0, 0.1) is 0 Å². The van der Waals surface area contributed by atoms with E-state index in [1.165, 1.54) is 64.3 Å². The molecule has 0 fully saturated rings. The smallest absolute Gasteiger partial charge is 0.165 e. The van der Waals surface area contributed by atoms with Crippen LogP contribution in [0.3, 0.4) is 0 Å². The van der Waals surface area contributed by atoms with Gasteiger partial charge < -0.3 is 4.57 Å². The standard InChI is InChI=1S/C40H22N4S/c1-3-11-24(12-4-1)37-38(42-29-19-8-7-18-28(29)41-37)44-31-22-21-23-13-9-16-26-27-17-10-20-30-33(27)35-36(34(31)32(23)26)40(44)45-39(35)43(30)25-14-5-2-6-15-25/h1-22H. The molecule has 208 valence electrons. The highest BCUT2D eigenvalue weighted by atomic mass is 32.1. The summed E-state index contributed by atoms with van der Waals surface area (Å²) in [6, 6.07) is 47.5.